The van der Waals surface area contributed by atoms with E-state index in [1.807, 2.05) is 0 Å². The second-order valence-electron chi connectivity index (χ2n) is 4.25. The number of nitrogens with two attached hydrogens (primary N) is 1. The molecule has 0 spiro atoms. The van der Waals surface area contributed by atoms with Gasteiger partial charge in [0.05, 0.1) is 32.5 Å². The maximum Gasteiger partial charge on any atom is 0.101 e. The molecule has 0 aromatic heterocycles. The van der Waals surface area contributed by atoms with Crippen LogP contribution in [0.2, 0.25) is 0 Å². The van der Waals surface area contributed by atoms with Crippen molar-refractivity contribution in [1.82, 2.24) is 0 Å². The third-order valence-electron chi connectivity index (χ3n) is 2.79. The van der Waals surface area contributed by atoms with Crippen molar-refractivity contribution in [3.05, 3.63) is 0 Å². The summed E-state index contributed by atoms with van der Waals surface area (Å²) < 4.78 is 15.5. The van der Waals surface area contributed by atoms with Gasteiger partial charge < -0.3 is 25.1 Å². The Morgan fingerprint density at radius 3 is 2.69 bits per heavy atom. The molecule has 0 aliphatic heterocycles. The zero-order valence-electron chi connectivity index (χ0n) is 9.93. The van der Waals surface area contributed by atoms with Gasteiger partial charge in [-0.1, -0.05) is 0 Å². The molecule has 96 valence electrons. The molecule has 5 heteroatoms. The number of aliphatic hydroxyl groups is 1. The van der Waals surface area contributed by atoms with Gasteiger partial charge in [0.2, 0.25) is 0 Å². The lowest BCUT2D eigenvalue weighted by Gasteiger charge is -2.34. The van der Waals surface area contributed by atoms with Gasteiger partial charge in [0, 0.05) is 7.11 Å². The molecule has 5 nitrogen and oxygen atoms in total. The fourth-order valence-electron chi connectivity index (χ4n) is 1.66. The first-order valence-electron chi connectivity index (χ1n) is 5.82. The van der Waals surface area contributed by atoms with Gasteiger partial charge in [-0.3, -0.25) is 0 Å². The Balaban J connectivity index is 1.89. The van der Waals surface area contributed by atoms with Crippen molar-refractivity contribution in [2.24, 2.45) is 11.7 Å². The quantitative estimate of drug-likeness (QED) is 0.538. The van der Waals surface area contributed by atoms with Crippen molar-refractivity contribution in [2.45, 2.75) is 25.0 Å². The Morgan fingerprint density at radius 1 is 1.31 bits per heavy atom. The SMILES string of the molecule is COCCOCC(O)COC1CC(CN)C1. The molecule has 1 aliphatic carbocycles. The van der Waals surface area contributed by atoms with Crippen LogP contribution in [0.1, 0.15) is 12.8 Å². The van der Waals surface area contributed by atoms with Crippen molar-refractivity contribution >= 4 is 0 Å². The molecule has 1 rings (SSSR count). The van der Waals surface area contributed by atoms with E-state index in [-0.39, 0.29) is 6.10 Å². The molecule has 1 aliphatic rings. The van der Waals surface area contributed by atoms with E-state index in [2.05, 4.69) is 0 Å². The summed E-state index contributed by atoms with van der Waals surface area (Å²) in [5, 5.41) is 9.52. The molecule has 0 amide bonds. The summed E-state index contributed by atoms with van der Waals surface area (Å²) in [5.74, 6) is 0.611. The molecular formula is C11H23NO4. The highest BCUT2D eigenvalue weighted by molar-refractivity contribution is 4.80. The predicted octanol–water partition coefficient (Wildman–Crippen LogP) is -0.236. The standard InChI is InChI=1S/C11H23NO4/c1-14-2-3-15-7-10(13)8-16-11-4-9(5-11)6-12/h9-11,13H,2-8,12H2,1H3. The van der Waals surface area contributed by atoms with Crippen molar-refractivity contribution in [2.75, 3.05) is 40.1 Å². The van der Waals surface area contributed by atoms with Crippen LogP contribution in [0.15, 0.2) is 0 Å². The maximum absolute atomic E-state index is 9.52. The molecule has 0 radical (unpaired) electrons. The van der Waals surface area contributed by atoms with Crippen LogP contribution in [0.5, 0.6) is 0 Å². The third-order valence-corrected chi connectivity index (χ3v) is 2.79. The van der Waals surface area contributed by atoms with Crippen LogP contribution in [-0.4, -0.2) is 57.4 Å². The number of methoxy groups -OCH3 is 1. The van der Waals surface area contributed by atoms with Gasteiger partial charge in [0.15, 0.2) is 0 Å². The summed E-state index contributed by atoms with van der Waals surface area (Å²) >= 11 is 0. The normalized spacial score (nSPS) is 26.4. The number of hydrogen-bond acceptors (Lipinski definition) is 5. The van der Waals surface area contributed by atoms with Crippen LogP contribution in [-0.2, 0) is 14.2 Å². The van der Waals surface area contributed by atoms with Gasteiger partial charge in [-0.25, -0.2) is 0 Å². The summed E-state index contributed by atoms with van der Waals surface area (Å²) in [4.78, 5) is 0. The molecule has 0 heterocycles. The molecule has 1 unspecified atom stereocenters. The Morgan fingerprint density at radius 2 is 2.06 bits per heavy atom. The van der Waals surface area contributed by atoms with Gasteiger partial charge in [-0.15, -0.1) is 0 Å². The zero-order valence-corrected chi connectivity index (χ0v) is 9.93. The van der Waals surface area contributed by atoms with Crippen LogP contribution in [0.3, 0.4) is 0 Å². The number of rotatable bonds is 9. The Kier molecular flexibility index (Phi) is 6.91. The highest BCUT2D eigenvalue weighted by Crippen LogP contribution is 2.28. The first-order chi connectivity index (χ1) is 7.76. The maximum atomic E-state index is 9.52. The van der Waals surface area contributed by atoms with Crippen molar-refractivity contribution in [3.8, 4) is 0 Å². The first kappa shape index (κ1) is 13.9. The third kappa shape index (κ3) is 5.23. The Labute approximate surface area is 96.9 Å². The summed E-state index contributed by atoms with van der Waals surface area (Å²) in [6, 6.07) is 0. The van der Waals surface area contributed by atoms with E-state index >= 15 is 0 Å². The number of ether oxygens (including phenoxy) is 3. The molecule has 3 N–H and O–H groups in total. The predicted molar refractivity (Wildman–Crippen MR) is 60.2 cm³/mol. The molecule has 0 aromatic rings. The highest BCUT2D eigenvalue weighted by atomic mass is 16.5. The molecule has 0 saturated heterocycles. The van der Waals surface area contributed by atoms with E-state index < -0.39 is 6.10 Å². The number of aliphatic hydroxyl groups excluding tert-OH is 1. The molecule has 16 heavy (non-hydrogen) atoms. The van der Waals surface area contributed by atoms with Gasteiger partial charge in [-0.2, -0.15) is 0 Å². The van der Waals surface area contributed by atoms with E-state index in [4.69, 9.17) is 19.9 Å². The average molecular weight is 233 g/mol. The van der Waals surface area contributed by atoms with Crippen molar-refractivity contribution in [3.63, 3.8) is 0 Å². The highest BCUT2D eigenvalue weighted by Gasteiger charge is 2.28. The van der Waals surface area contributed by atoms with Gasteiger partial charge in [0.1, 0.15) is 6.10 Å². The lowest BCUT2D eigenvalue weighted by molar-refractivity contribution is -0.0823. The van der Waals surface area contributed by atoms with Crippen LogP contribution in [0, 0.1) is 5.92 Å². The monoisotopic (exact) mass is 233 g/mol. The van der Waals surface area contributed by atoms with Crippen molar-refractivity contribution < 1.29 is 19.3 Å². The van der Waals surface area contributed by atoms with E-state index in [1.54, 1.807) is 7.11 Å². The van der Waals surface area contributed by atoms with Crippen LogP contribution < -0.4 is 5.73 Å². The van der Waals surface area contributed by atoms with E-state index in [9.17, 15) is 5.11 Å². The molecule has 1 fully saturated rings. The van der Waals surface area contributed by atoms with E-state index in [0.717, 1.165) is 19.4 Å². The molecule has 1 saturated carbocycles. The largest absolute Gasteiger partial charge is 0.388 e. The van der Waals surface area contributed by atoms with Crippen LogP contribution in [0.25, 0.3) is 0 Å². The zero-order chi connectivity index (χ0) is 11.8. The minimum atomic E-state index is -0.547. The first-order valence-corrected chi connectivity index (χ1v) is 5.82. The number of hydrogen-bond donors (Lipinski definition) is 2. The summed E-state index contributed by atoms with van der Waals surface area (Å²) in [5.41, 5.74) is 5.51. The smallest absolute Gasteiger partial charge is 0.101 e. The van der Waals surface area contributed by atoms with Gasteiger partial charge in [-0.05, 0) is 25.3 Å². The molecule has 0 bridgehead atoms. The Bertz CT molecular complexity index is 173. The molecule has 0 aromatic carbocycles. The Hall–Kier alpha value is -0.200. The van der Waals surface area contributed by atoms with Crippen LogP contribution >= 0.6 is 0 Å². The summed E-state index contributed by atoms with van der Waals surface area (Å²) in [6.45, 7) is 2.44. The van der Waals surface area contributed by atoms with Gasteiger partial charge in [0.25, 0.3) is 0 Å². The second-order valence-corrected chi connectivity index (χ2v) is 4.25. The minimum Gasteiger partial charge on any atom is -0.388 e. The lowest BCUT2D eigenvalue weighted by atomic mass is 9.82. The summed E-state index contributed by atoms with van der Waals surface area (Å²) in [7, 11) is 1.62. The lowest BCUT2D eigenvalue weighted by Crippen LogP contribution is -2.38. The molecule has 1 atom stereocenters. The van der Waals surface area contributed by atoms with Crippen LogP contribution in [0.4, 0.5) is 0 Å². The fourth-order valence-corrected chi connectivity index (χ4v) is 1.66. The average Bonchev–Trinajstić information content (AvgIpc) is 2.22. The topological polar surface area (TPSA) is 73.9 Å². The summed E-state index contributed by atoms with van der Waals surface area (Å²) in [6.07, 6.45) is 1.78. The second kappa shape index (κ2) is 7.97. The fraction of sp³-hybridized carbons (Fsp3) is 1.00. The minimum absolute atomic E-state index is 0.280. The van der Waals surface area contributed by atoms with E-state index in [0.29, 0.717) is 32.3 Å². The van der Waals surface area contributed by atoms with Crippen molar-refractivity contribution in [1.29, 1.82) is 0 Å². The van der Waals surface area contributed by atoms with E-state index in [1.165, 1.54) is 0 Å². The van der Waals surface area contributed by atoms with Gasteiger partial charge >= 0.3 is 0 Å². The molecular weight excluding hydrogens is 210 g/mol.